The van der Waals surface area contributed by atoms with Crippen LogP contribution in [0.5, 0.6) is 28.7 Å². The van der Waals surface area contributed by atoms with Gasteiger partial charge in [-0.25, -0.2) is 23.0 Å². The van der Waals surface area contributed by atoms with Gasteiger partial charge < -0.3 is 48.8 Å². The van der Waals surface area contributed by atoms with Gasteiger partial charge >= 0.3 is 12.0 Å². The van der Waals surface area contributed by atoms with E-state index in [4.69, 9.17) is 28.1 Å². The number of pyridine rings is 1. The summed E-state index contributed by atoms with van der Waals surface area (Å²) in [5, 5.41) is 10.5. The highest BCUT2D eigenvalue weighted by molar-refractivity contribution is 7.92. The predicted molar refractivity (Wildman–Crippen MR) is 233 cm³/mol. The Balaban J connectivity index is 1.12. The Morgan fingerprint density at radius 2 is 1.52 bits per heavy atom. The summed E-state index contributed by atoms with van der Waals surface area (Å²) in [5.74, 6) is 2.77. The smallest absolute Gasteiger partial charge is 0.341 e. The Bertz CT molecular complexity index is 2640. The van der Waals surface area contributed by atoms with Crippen molar-refractivity contribution in [2.75, 3.05) is 61.5 Å². The van der Waals surface area contributed by atoms with E-state index in [1.807, 2.05) is 45.0 Å². The molecule has 0 unspecified atom stereocenters. The van der Waals surface area contributed by atoms with Crippen LogP contribution in [0.25, 0.3) is 10.8 Å². The van der Waals surface area contributed by atoms with Gasteiger partial charge in [-0.05, 0) is 47.4 Å². The van der Waals surface area contributed by atoms with E-state index in [2.05, 4.69) is 30.4 Å². The average Bonchev–Trinajstić information content (AvgIpc) is 3.69. The summed E-state index contributed by atoms with van der Waals surface area (Å²) in [7, 11) is 0.609. The molecule has 0 aliphatic rings. The topological polar surface area (TPSA) is 198 Å². The molecule has 6 aromatic rings. The summed E-state index contributed by atoms with van der Waals surface area (Å²) in [6, 6.07) is 24.2. The van der Waals surface area contributed by atoms with Crippen molar-refractivity contribution in [2.24, 2.45) is 0 Å². The number of aromatic nitrogens is 1. The minimum atomic E-state index is -3.65. The maximum atomic E-state index is 13.5. The monoisotopic (exact) mass is 853 g/mol. The minimum absolute atomic E-state index is 0.156. The molecule has 320 valence electrons. The third-order valence-corrected chi connectivity index (χ3v) is 9.59. The van der Waals surface area contributed by atoms with Gasteiger partial charge in [0.05, 0.1) is 56.8 Å². The van der Waals surface area contributed by atoms with Crippen molar-refractivity contribution in [3.05, 3.63) is 114 Å². The number of carbonyl (C=O) groups excluding carboxylic acids is 2. The summed E-state index contributed by atoms with van der Waals surface area (Å²) in [6.45, 7) is 6.58. The molecule has 16 nitrogen and oxygen atoms in total. The lowest BCUT2D eigenvalue weighted by Gasteiger charge is -2.24. The van der Waals surface area contributed by atoms with Crippen LogP contribution < -0.4 is 39.6 Å². The second kappa shape index (κ2) is 18.9. The molecule has 2 amide bonds. The van der Waals surface area contributed by atoms with Crippen molar-refractivity contribution in [1.82, 2.24) is 4.98 Å². The van der Waals surface area contributed by atoms with Gasteiger partial charge in [-0.1, -0.05) is 45.0 Å². The summed E-state index contributed by atoms with van der Waals surface area (Å²) in [4.78, 5) is 29.6. The highest BCUT2D eigenvalue weighted by Gasteiger charge is 2.23. The summed E-state index contributed by atoms with van der Waals surface area (Å²) in [5.41, 5.74) is 2.36. The fourth-order valence-electron chi connectivity index (χ4n) is 6.13. The third-order valence-electron chi connectivity index (χ3n) is 9.00. The number of furan rings is 1. The molecule has 61 heavy (non-hydrogen) atoms. The molecule has 0 spiro atoms. The normalized spacial score (nSPS) is 11.4. The number of urea groups is 1. The van der Waals surface area contributed by atoms with Crippen molar-refractivity contribution in [3.63, 3.8) is 0 Å². The van der Waals surface area contributed by atoms with E-state index in [1.165, 1.54) is 20.5 Å². The number of fused-ring (bicyclic) bond motifs is 1. The highest BCUT2D eigenvalue weighted by atomic mass is 32.2. The molecule has 2 aromatic heterocycles. The Morgan fingerprint density at radius 3 is 2.25 bits per heavy atom. The van der Waals surface area contributed by atoms with Crippen LogP contribution in [0.15, 0.2) is 102 Å². The zero-order chi connectivity index (χ0) is 43.7. The predicted octanol–water partition coefficient (Wildman–Crippen LogP) is 9.08. The van der Waals surface area contributed by atoms with Crippen molar-refractivity contribution in [1.29, 1.82) is 0 Å². The molecule has 0 saturated heterocycles. The van der Waals surface area contributed by atoms with Crippen LogP contribution >= 0.6 is 0 Å². The quantitative estimate of drug-likeness (QED) is 0.0501. The van der Waals surface area contributed by atoms with Gasteiger partial charge in [-0.15, -0.1) is 0 Å². The van der Waals surface area contributed by atoms with E-state index < -0.39 is 22.0 Å². The first-order valence-electron chi connectivity index (χ1n) is 18.9. The number of anilines is 5. The van der Waals surface area contributed by atoms with E-state index >= 15 is 0 Å². The number of benzene rings is 4. The second-order valence-corrected chi connectivity index (χ2v) is 16.4. The Labute approximate surface area is 353 Å². The first-order valence-corrected chi connectivity index (χ1v) is 20.8. The lowest BCUT2D eigenvalue weighted by Crippen LogP contribution is -2.22. The van der Waals surface area contributed by atoms with E-state index in [-0.39, 0.29) is 42.4 Å². The van der Waals surface area contributed by atoms with Crippen LogP contribution in [0.4, 0.5) is 33.4 Å². The molecule has 0 bridgehead atoms. The molecule has 17 heteroatoms. The number of nitrogens with zero attached hydrogens (tertiary/aromatic N) is 1. The van der Waals surface area contributed by atoms with Crippen LogP contribution in [0.2, 0.25) is 0 Å². The lowest BCUT2D eigenvalue weighted by atomic mass is 9.86. The molecule has 0 aliphatic carbocycles. The Kier molecular flexibility index (Phi) is 13.5. The van der Waals surface area contributed by atoms with Crippen LogP contribution in [0.1, 0.15) is 42.5 Å². The number of methoxy groups -OCH3 is 3. The molecular formula is C44H47N5O11S. The second-order valence-electron chi connectivity index (χ2n) is 14.7. The molecule has 0 aliphatic heterocycles. The summed E-state index contributed by atoms with van der Waals surface area (Å²) >= 11 is 0. The molecule has 4 aromatic carbocycles. The zero-order valence-corrected chi connectivity index (χ0v) is 35.5. The molecule has 0 atom stereocenters. The van der Waals surface area contributed by atoms with Gasteiger partial charge in [0.15, 0.2) is 5.75 Å². The molecule has 0 fully saturated rings. The van der Waals surface area contributed by atoms with E-state index in [1.54, 1.807) is 74.0 Å². The maximum absolute atomic E-state index is 13.5. The van der Waals surface area contributed by atoms with E-state index in [0.29, 0.717) is 56.9 Å². The van der Waals surface area contributed by atoms with E-state index in [9.17, 15) is 18.0 Å². The van der Waals surface area contributed by atoms with Crippen LogP contribution in [0.3, 0.4) is 0 Å². The number of esters is 1. The molecule has 0 radical (unpaired) electrons. The first kappa shape index (κ1) is 43.6. The third kappa shape index (κ3) is 11.6. The molecular weight excluding hydrogens is 807 g/mol. The highest BCUT2D eigenvalue weighted by Crippen LogP contribution is 2.40. The van der Waals surface area contributed by atoms with Gasteiger partial charge in [0.1, 0.15) is 54.1 Å². The maximum Gasteiger partial charge on any atom is 0.341 e. The number of sulfonamides is 1. The van der Waals surface area contributed by atoms with Crippen molar-refractivity contribution in [2.45, 2.75) is 32.8 Å². The van der Waals surface area contributed by atoms with Crippen molar-refractivity contribution >= 4 is 61.4 Å². The molecule has 4 N–H and O–H groups in total. The summed E-state index contributed by atoms with van der Waals surface area (Å²) < 4.78 is 65.9. The van der Waals surface area contributed by atoms with Crippen LogP contribution in [0, 0.1) is 0 Å². The number of carbonyl (C=O) groups is 2. The number of hydrogen-bond acceptors (Lipinski definition) is 13. The summed E-state index contributed by atoms with van der Waals surface area (Å²) in [6.07, 6.45) is 3.98. The SMILES string of the molecule is COC(=O)c1coc(COCCOc2cc(Nc3cc(Oc4ccc(NC(=O)Nc5cc(C(C)(C)C)cc(NS(C)(=O)=O)c5OC)c5ccccc45)ccn3)cc(OC)c2)c1. The minimum Gasteiger partial charge on any atom is -0.497 e. The molecule has 2 heterocycles. The van der Waals surface area contributed by atoms with Gasteiger partial charge in [-0.3, -0.25) is 4.72 Å². The molecule has 6 rings (SSSR count). The van der Waals surface area contributed by atoms with Gasteiger partial charge in [0.2, 0.25) is 10.0 Å². The van der Waals surface area contributed by atoms with Gasteiger partial charge in [0.25, 0.3) is 0 Å². The standard InChI is InChI=1S/C44H47N5O11S/c1-44(2,3)28-19-37(41(55-5)38(20-28)49-61(7,52)53)48-43(51)47-36-12-13-39(35-11-9-8-10-34(35)36)60-30-14-15-45-40(24-30)46-29-21-31(54-4)23-32(22-29)58-17-16-57-26-33-18-27(25-59-33)42(50)56-6/h8-15,18-25,49H,16-17,26H2,1-7H3,(H,45,46)(H2,47,48,51). The average molecular weight is 854 g/mol. The largest absolute Gasteiger partial charge is 0.497 e. The number of amides is 2. The van der Waals surface area contributed by atoms with Gasteiger partial charge in [-0.2, -0.15) is 0 Å². The van der Waals surface area contributed by atoms with E-state index in [0.717, 1.165) is 17.2 Å². The fourth-order valence-corrected chi connectivity index (χ4v) is 6.68. The fraction of sp³-hybridized carbons (Fsp3) is 0.250. The lowest BCUT2D eigenvalue weighted by molar-refractivity contribution is 0.0600. The Hall–Kier alpha value is -6.98. The van der Waals surface area contributed by atoms with Crippen LogP contribution in [-0.4, -0.2) is 66.2 Å². The zero-order valence-electron chi connectivity index (χ0n) is 34.7. The van der Waals surface area contributed by atoms with Crippen molar-refractivity contribution in [3.8, 4) is 28.7 Å². The number of hydrogen-bond donors (Lipinski definition) is 4. The number of nitrogens with one attached hydrogen (secondary N) is 4. The number of rotatable bonds is 17. The van der Waals surface area contributed by atoms with Crippen molar-refractivity contribution < 1.29 is 50.8 Å². The first-order chi connectivity index (χ1) is 29.1. The Morgan fingerprint density at radius 1 is 0.787 bits per heavy atom. The van der Waals surface area contributed by atoms with Gasteiger partial charge in [0, 0.05) is 46.9 Å². The molecule has 0 saturated carbocycles. The van der Waals surface area contributed by atoms with Crippen LogP contribution in [-0.2, 0) is 31.5 Å². The number of ether oxygens (including phenoxy) is 6.